The van der Waals surface area contributed by atoms with E-state index in [4.69, 9.17) is 4.74 Å². The largest absolute Gasteiger partial charge is 0.379 e. The van der Waals surface area contributed by atoms with Gasteiger partial charge >= 0.3 is 0 Å². The smallest absolute Gasteiger partial charge is 0.0846 e. The molecule has 6 rings (SSSR count). The van der Waals surface area contributed by atoms with E-state index in [1.807, 2.05) is 0 Å². The number of benzene rings is 1. The van der Waals surface area contributed by atoms with Crippen LogP contribution in [0, 0.1) is 5.92 Å². The Morgan fingerprint density at radius 1 is 1.07 bits per heavy atom. The van der Waals surface area contributed by atoms with Crippen LogP contribution in [0.2, 0.25) is 0 Å². The summed E-state index contributed by atoms with van der Waals surface area (Å²) in [6, 6.07) is 9.79. The maximum atomic E-state index is 5.50. The molecule has 4 aliphatic heterocycles. The van der Waals surface area contributed by atoms with Gasteiger partial charge in [0.25, 0.3) is 0 Å². The van der Waals surface area contributed by atoms with Gasteiger partial charge in [-0.3, -0.25) is 15.1 Å². The minimum Gasteiger partial charge on any atom is -0.379 e. The first-order chi connectivity index (χ1) is 13.9. The summed E-state index contributed by atoms with van der Waals surface area (Å²) in [6.45, 7) is 8.66. The molecule has 2 fully saturated rings. The van der Waals surface area contributed by atoms with Gasteiger partial charge in [-0.2, -0.15) is 0 Å². The standard InChI is InChI=1S/C23H32N4O/c1-2-6-20-18(5-1)19-7-10-26-9-3-4-17-16-21(27(20)23(19)22(17)26)24-8-11-25-12-14-28-15-13-25/h1-2,5-6,17,21-22,24H,3-4,7-16H2/t17-,21?,22+/m0/s1. The van der Waals surface area contributed by atoms with E-state index in [0.29, 0.717) is 12.2 Å². The Labute approximate surface area is 167 Å². The molecule has 28 heavy (non-hydrogen) atoms. The number of rotatable bonds is 4. The number of fused-ring (bicyclic) bond motifs is 3. The van der Waals surface area contributed by atoms with Crippen molar-refractivity contribution >= 4 is 10.9 Å². The van der Waals surface area contributed by atoms with E-state index in [0.717, 1.165) is 45.3 Å². The Bertz CT molecular complexity index is 856. The van der Waals surface area contributed by atoms with Gasteiger partial charge in [-0.15, -0.1) is 0 Å². The van der Waals surface area contributed by atoms with E-state index in [9.17, 15) is 0 Å². The summed E-state index contributed by atoms with van der Waals surface area (Å²) < 4.78 is 8.20. The molecule has 1 aromatic carbocycles. The van der Waals surface area contributed by atoms with Crippen LogP contribution in [0.25, 0.3) is 10.9 Å². The van der Waals surface area contributed by atoms with Gasteiger partial charge in [-0.1, -0.05) is 18.2 Å². The molecule has 1 aromatic heterocycles. The predicted molar refractivity (Wildman–Crippen MR) is 112 cm³/mol. The van der Waals surface area contributed by atoms with Crippen LogP contribution in [0.3, 0.4) is 0 Å². The normalized spacial score (nSPS) is 30.5. The minimum atomic E-state index is 0.439. The molecule has 0 amide bonds. The fraction of sp³-hybridized carbons (Fsp3) is 0.652. The van der Waals surface area contributed by atoms with Gasteiger partial charge in [0.05, 0.1) is 25.4 Å². The van der Waals surface area contributed by atoms with E-state index in [2.05, 4.69) is 43.9 Å². The van der Waals surface area contributed by atoms with Crippen molar-refractivity contribution in [2.24, 2.45) is 5.92 Å². The van der Waals surface area contributed by atoms with E-state index < -0.39 is 0 Å². The molecule has 5 heterocycles. The Balaban J connectivity index is 1.33. The second-order valence-electron chi connectivity index (χ2n) is 9.04. The first kappa shape index (κ1) is 17.5. The second-order valence-corrected chi connectivity index (χ2v) is 9.04. The average Bonchev–Trinajstić information content (AvgIpc) is 3.09. The zero-order chi connectivity index (χ0) is 18.5. The van der Waals surface area contributed by atoms with Crippen molar-refractivity contribution in [3.8, 4) is 0 Å². The average molecular weight is 381 g/mol. The lowest BCUT2D eigenvalue weighted by Gasteiger charge is -2.49. The quantitative estimate of drug-likeness (QED) is 0.884. The maximum Gasteiger partial charge on any atom is 0.0846 e. The van der Waals surface area contributed by atoms with Gasteiger partial charge in [0.2, 0.25) is 0 Å². The molecule has 4 aliphatic rings. The molecule has 1 N–H and O–H groups in total. The molecule has 5 heteroatoms. The molecule has 2 aromatic rings. The highest BCUT2D eigenvalue weighted by molar-refractivity contribution is 5.86. The van der Waals surface area contributed by atoms with Crippen LogP contribution < -0.4 is 5.32 Å². The molecular formula is C23H32N4O. The Kier molecular flexibility index (Phi) is 4.45. The van der Waals surface area contributed by atoms with Crippen molar-refractivity contribution < 1.29 is 4.74 Å². The van der Waals surface area contributed by atoms with Crippen LogP contribution in [0.15, 0.2) is 24.3 Å². The van der Waals surface area contributed by atoms with Gasteiger partial charge in [-0.25, -0.2) is 0 Å². The first-order valence-electron chi connectivity index (χ1n) is 11.3. The lowest BCUT2D eigenvalue weighted by atomic mass is 9.78. The van der Waals surface area contributed by atoms with Crippen LogP contribution in [-0.4, -0.2) is 66.8 Å². The van der Waals surface area contributed by atoms with Crippen LogP contribution in [0.5, 0.6) is 0 Å². The molecular weight excluding hydrogens is 348 g/mol. The van der Waals surface area contributed by atoms with Crippen molar-refractivity contribution in [3.63, 3.8) is 0 Å². The van der Waals surface area contributed by atoms with Crippen LogP contribution in [-0.2, 0) is 11.2 Å². The van der Waals surface area contributed by atoms with E-state index in [1.54, 1.807) is 11.3 Å². The van der Waals surface area contributed by atoms with Gasteiger partial charge < -0.3 is 9.30 Å². The molecule has 0 aliphatic carbocycles. The number of morpholine rings is 1. The van der Waals surface area contributed by atoms with Gasteiger partial charge in [0, 0.05) is 49.3 Å². The number of para-hydroxylation sites is 1. The number of hydrogen-bond acceptors (Lipinski definition) is 4. The van der Waals surface area contributed by atoms with Crippen molar-refractivity contribution in [3.05, 3.63) is 35.5 Å². The van der Waals surface area contributed by atoms with Gasteiger partial charge in [-0.05, 0) is 49.8 Å². The fourth-order valence-electron chi connectivity index (χ4n) is 6.35. The summed E-state index contributed by atoms with van der Waals surface area (Å²) in [5.41, 5.74) is 4.73. The highest BCUT2D eigenvalue weighted by Crippen LogP contribution is 2.50. The van der Waals surface area contributed by atoms with Gasteiger partial charge in [0.15, 0.2) is 0 Å². The number of aromatic nitrogens is 1. The molecule has 0 saturated carbocycles. The molecule has 3 atom stereocenters. The number of hydrogen-bond donors (Lipinski definition) is 1. The van der Waals surface area contributed by atoms with Gasteiger partial charge in [0.1, 0.15) is 0 Å². The summed E-state index contributed by atoms with van der Waals surface area (Å²) in [5.74, 6) is 0.811. The topological polar surface area (TPSA) is 32.7 Å². The zero-order valence-electron chi connectivity index (χ0n) is 16.8. The lowest BCUT2D eigenvalue weighted by molar-refractivity contribution is 0.0319. The van der Waals surface area contributed by atoms with Crippen molar-refractivity contribution in [2.45, 2.75) is 37.9 Å². The van der Waals surface area contributed by atoms with Crippen LogP contribution in [0.1, 0.15) is 42.7 Å². The lowest BCUT2D eigenvalue weighted by Crippen LogP contribution is -2.49. The van der Waals surface area contributed by atoms with Crippen molar-refractivity contribution in [2.75, 3.05) is 52.5 Å². The fourth-order valence-corrected chi connectivity index (χ4v) is 6.35. The molecule has 2 saturated heterocycles. The zero-order valence-corrected chi connectivity index (χ0v) is 16.8. The third kappa shape index (κ3) is 2.75. The number of ether oxygens (including phenoxy) is 1. The SMILES string of the molecule is c1ccc2c(c1)c1c3n2C(NCCN2CCOCC2)C[C@@H]2CCCN(CC1)[C@@H]32. The molecule has 5 nitrogen and oxygen atoms in total. The summed E-state index contributed by atoms with van der Waals surface area (Å²) in [7, 11) is 0. The Hall–Kier alpha value is -1.40. The van der Waals surface area contributed by atoms with E-state index in [-0.39, 0.29) is 0 Å². The third-order valence-electron chi connectivity index (χ3n) is 7.60. The van der Waals surface area contributed by atoms with E-state index in [1.165, 1.54) is 49.7 Å². The summed E-state index contributed by atoms with van der Waals surface area (Å²) in [4.78, 5) is 5.32. The number of nitrogens with zero attached hydrogens (tertiary/aromatic N) is 3. The monoisotopic (exact) mass is 380 g/mol. The minimum absolute atomic E-state index is 0.439. The summed E-state index contributed by atoms with van der Waals surface area (Å²) in [6.07, 6.45) is 5.69. The highest BCUT2D eigenvalue weighted by Gasteiger charge is 2.44. The first-order valence-corrected chi connectivity index (χ1v) is 11.3. The Morgan fingerprint density at radius 2 is 1.96 bits per heavy atom. The molecule has 0 spiro atoms. The molecule has 0 radical (unpaired) electrons. The Morgan fingerprint density at radius 3 is 2.89 bits per heavy atom. The van der Waals surface area contributed by atoms with Crippen LogP contribution in [0.4, 0.5) is 0 Å². The third-order valence-corrected chi connectivity index (χ3v) is 7.60. The molecule has 1 unspecified atom stereocenters. The predicted octanol–water partition coefficient (Wildman–Crippen LogP) is 2.77. The summed E-state index contributed by atoms with van der Waals surface area (Å²) >= 11 is 0. The van der Waals surface area contributed by atoms with Crippen molar-refractivity contribution in [1.29, 1.82) is 0 Å². The number of nitrogens with one attached hydrogen (secondary N) is 1. The van der Waals surface area contributed by atoms with Crippen LogP contribution >= 0.6 is 0 Å². The maximum absolute atomic E-state index is 5.50. The summed E-state index contributed by atoms with van der Waals surface area (Å²) in [5, 5.41) is 5.47. The van der Waals surface area contributed by atoms with Crippen molar-refractivity contribution in [1.82, 2.24) is 19.7 Å². The number of piperidine rings is 1. The highest BCUT2D eigenvalue weighted by atomic mass is 16.5. The second kappa shape index (κ2) is 7.13. The molecule has 0 bridgehead atoms. The molecule has 150 valence electrons. The van der Waals surface area contributed by atoms with E-state index >= 15 is 0 Å².